The van der Waals surface area contributed by atoms with Crippen molar-refractivity contribution in [2.45, 2.75) is 58.3 Å². The molecule has 1 fully saturated rings. The van der Waals surface area contributed by atoms with Gasteiger partial charge in [0.05, 0.1) is 18.1 Å². The zero-order valence-corrected chi connectivity index (χ0v) is 12.0. The molecular formula is C14H24N4O. The van der Waals surface area contributed by atoms with E-state index in [-0.39, 0.29) is 6.10 Å². The van der Waals surface area contributed by atoms with Crippen LogP contribution in [-0.2, 0) is 17.7 Å². The number of hydrogen-bond donors (Lipinski definition) is 1. The van der Waals surface area contributed by atoms with E-state index in [0.29, 0.717) is 23.9 Å². The van der Waals surface area contributed by atoms with Gasteiger partial charge in [-0.15, -0.1) is 10.2 Å². The minimum absolute atomic E-state index is 0.219. The maximum absolute atomic E-state index is 5.95. The molecule has 1 aromatic heterocycles. The van der Waals surface area contributed by atoms with E-state index in [1.54, 1.807) is 0 Å². The first kappa shape index (κ1) is 13.1. The molecule has 1 aromatic rings. The van der Waals surface area contributed by atoms with Gasteiger partial charge in [-0.1, -0.05) is 6.92 Å². The smallest absolute Gasteiger partial charge is 0.139 e. The first-order valence-corrected chi connectivity index (χ1v) is 7.39. The Morgan fingerprint density at radius 2 is 2.05 bits per heavy atom. The Morgan fingerprint density at radius 1 is 1.26 bits per heavy atom. The zero-order chi connectivity index (χ0) is 13.6. The SMILES string of the molecule is CC1OC(C)C(c2nnc3n2CC(CN)CC3)C1C. The van der Waals surface area contributed by atoms with Gasteiger partial charge in [0.15, 0.2) is 0 Å². The van der Waals surface area contributed by atoms with Crippen LogP contribution >= 0.6 is 0 Å². The minimum Gasteiger partial charge on any atom is -0.374 e. The molecule has 0 radical (unpaired) electrons. The molecule has 19 heavy (non-hydrogen) atoms. The molecule has 2 N–H and O–H groups in total. The molecule has 0 aromatic carbocycles. The standard InChI is InChI=1S/C14H24N4O/c1-8-9(2)19-10(3)13(8)14-17-16-12-5-4-11(6-15)7-18(12)14/h8-11,13H,4-7,15H2,1-3H3. The zero-order valence-electron chi connectivity index (χ0n) is 12.0. The Bertz CT molecular complexity index is 458. The lowest BCUT2D eigenvalue weighted by molar-refractivity contribution is 0.0551. The third-order valence-corrected chi connectivity index (χ3v) is 4.95. The largest absolute Gasteiger partial charge is 0.374 e. The molecule has 1 saturated heterocycles. The molecule has 0 bridgehead atoms. The molecule has 5 atom stereocenters. The number of nitrogens with two attached hydrogens (primary N) is 1. The van der Waals surface area contributed by atoms with E-state index in [2.05, 4.69) is 35.5 Å². The summed E-state index contributed by atoms with van der Waals surface area (Å²) >= 11 is 0. The molecule has 0 saturated carbocycles. The molecule has 3 rings (SSSR count). The van der Waals surface area contributed by atoms with E-state index < -0.39 is 0 Å². The van der Waals surface area contributed by atoms with Crippen molar-refractivity contribution in [2.75, 3.05) is 6.54 Å². The fourth-order valence-electron chi connectivity index (χ4n) is 3.57. The number of aromatic nitrogens is 3. The fraction of sp³-hybridized carbons (Fsp3) is 0.857. The highest BCUT2D eigenvalue weighted by Crippen LogP contribution is 2.39. The van der Waals surface area contributed by atoms with Crippen LogP contribution in [0.25, 0.3) is 0 Å². The second-order valence-corrected chi connectivity index (χ2v) is 6.16. The van der Waals surface area contributed by atoms with E-state index in [1.165, 1.54) is 0 Å². The molecular weight excluding hydrogens is 240 g/mol. The molecule has 106 valence electrons. The average molecular weight is 264 g/mol. The number of ether oxygens (including phenoxy) is 1. The monoisotopic (exact) mass is 264 g/mol. The van der Waals surface area contributed by atoms with Gasteiger partial charge in [0.25, 0.3) is 0 Å². The van der Waals surface area contributed by atoms with Gasteiger partial charge >= 0.3 is 0 Å². The summed E-state index contributed by atoms with van der Waals surface area (Å²) in [5, 5.41) is 8.86. The van der Waals surface area contributed by atoms with Gasteiger partial charge in [-0.2, -0.15) is 0 Å². The molecule has 3 heterocycles. The van der Waals surface area contributed by atoms with Crippen molar-refractivity contribution in [3.63, 3.8) is 0 Å². The van der Waals surface area contributed by atoms with Crippen molar-refractivity contribution in [3.8, 4) is 0 Å². The molecule has 2 aliphatic heterocycles. The summed E-state index contributed by atoms with van der Waals surface area (Å²) in [4.78, 5) is 0. The van der Waals surface area contributed by atoms with Crippen LogP contribution < -0.4 is 5.73 Å². The summed E-state index contributed by atoms with van der Waals surface area (Å²) in [5.74, 6) is 3.64. The lowest BCUT2D eigenvalue weighted by Gasteiger charge is -2.26. The van der Waals surface area contributed by atoms with E-state index in [4.69, 9.17) is 10.5 Å². The molecule has 0 aliphatic carbocycles. The molecule has 5 heteroatoms. The van der Waals surface area contributed by atoms with E-state index >= 15 is 0 Å². The third-order valence-electron chi connectivity index (χ3n) is 4.95. The number of nitrogens with zero attached hydrogens (tertiary/aromatic N) is 3. The summed E-state index contributed by atoms with van der Waals surface area (Å²) in [6.45, 7) is 8.27. The van der Waals surface area contributed by atoms with Crippen LogP contribution in [0.2, 0.25) is 0 Å². The predicted octanol–water partition coefficient (Wildman–Crippen LogP) is 1.33. The molecule has 2 aliphatic rings. The van der Waals surface area contributed by atoms with E-state index in [0.717, 1.165) is 37.6 Å². The van der Waals surface area contributed by atoms with Crippen molar-refractivity contribution in [1.29, 1.82) is 0 Å². The second kappa shape index (κ2) is 4.87. The second-order valence-electron chi connectivity index (χ2n) is 6.16. The molecule has 5 unspecified atom stereocenters. The van der Waals surface area contributed by atoms with Crippen LogP contribution in [0.15, 0.2) is 0 Å². The first-order chi connectivity index (χ1) is 9.11. The van der Waals surface area contributed by atoms with Crippen LogP contribution in [0.4, 0.5) is 0 Å². The quantitative estimate of drug-likeness (QED) is 0.875. The van der Waals surface area contributed by atoms with Crippen molar-refractivity contribution in [1.82, 2.24) is 14.8 Å². The van der Waals surface area contributed by atoms with Gasteiger partial charge in [-0.25, -0.2) is 0 Å². The van der Waals surface area contributed by atoms with Gasteiger partial charge < -0.3 is 15.0 Å². The van der Waals surface area contributed by atoms with Gasteiger partial charge in [0.1, 0.15) is 11.6 Å². The number of hydrogen-bond acceptors (Lipinski definition) is 4. The number of rotatable bonds is 2. The highest BCUT2D eigenvalue weighted by atomic mass is 16.5. The summed E-state index contributed by atoms with van der Waals surface area (Å²) in [7, 11) is 0. The topological polar surface area (TPSA) is 66.0 Å². The van der Waals surface area contributed by atoms with Crippen LogP contribution in [0, 0.1) is 11.8 Å². The minimum atomic E-state index is 0.219. The molecule has 0 amide bonds. The Labute approximate surface area is 114 Å². The molecule has 5 nitrogen and oxygen atoms in total. The maximum Gasteiger partial charge on any atom is 0.139 e. The maximum atomic E-state index is 5.95. The van der Waals surface area contributed by atoms with Crippen LogP contribution in [-0.4, -0.2) is 33.5 Å². The number of fused-ring (bicyclic) bond motifs is 1. The summed E-state index contributed by atoms with van der Waals surface area (Å²) in [6, 6.07) is 0. The lowest BCUT2D eigenvalue weighted by Crippen LogP contribution is -2.29. The van der Waals surface area contributed by atoms with E-state index in [9.17, 15) is 0 Å². The van der Waals surface area contributed by atoms with Crippen molar-refractivity contribution < 1.29 is 4.74 Å². The van der Waals surface area contributed by atoms with E-state index in [1.807, 2.05) is 0 Å². The Morgan fingerprint density at radius 3 is 2.68 bits per heavy atom. The summed E-state index contributed by atoms with van der Waals surface area (Å²) in [6.07, 6.45) is 2.65. The van der Waals surface area contributed by atoms with Gasteiger partial charge in [-0.05, 0) is 38.6 Å². The van der Waals surface area contributed by atoms with Gasteiger partial charge in [-0.3, -0.25) is 0 Å². The Hall–Kier alpha value is -0.940. The van der Waals surface area contributed by atoms with Crippen molar-refractivity contribution >= 4 is 0 Å². The lowest BCUT2D eigenvalue weighted by atomic mass is 9.88. The first-order valence-electron chi connectivity index (χ1n) is 7.39. The Kier molecular flexibility index (Phi) is 3.35. The highest BCUT2D eigenvalue weighted by Gasteiger charge is 2.41. The summed E-state index contributed by atoms with van der Waals surface area (Å²) < 4.78 is 8.25. The van der Waals surface area contributed by atoms with Crippen LogP contribution in [0.5, 0.6) is 0 Å². The Balaban J connectivity index is 1.92. The fourth-order valence-corrected chi connectivity index (χ4v) is 3.57. The van der Waals surface area contributed by atoms with Crippen molar-refractivity contribution in [3.05, 3.63) is 11.6 Å². The normalized spacial score (nSPS) is 38.4. The third kappa shape index (κ3) is 2.09. The van der Waals surface area contributed by atoms with Gasteiger partial charge in [0, 0.05) is 13.0 Å². The van der Waals surface area contributed by atoms with Crippen LogP contribution in [0.3, 0.4) is 0 Å². The summed E-state index contributed by atoms with van der Waals surface area (Å²) in [5.41, 5.74) is 5.83. The predicted molar refractivity (Wildman–Crippen MR) is 72.8 cm³/mol. The highest BCUT2D eigenvalue weighted by molar-refractivity contribution is 5.11. The average Bonchev–Trinajstić information content (AvgIpc) is 2.91. The molecule has 0 spiro atoms. The van der Waals surface area contributed by atoms with Gasteiger partial charge in [0.2, 0.25) is 0 Å². The number of aryl methyl sites for hydroxylation is 1. The van der Waals surface area contributed by atoms with Crippen molar-refractivity contribution in [2.24, 2.45) is 17.6 Å². The van der Waals surface area contributed by atoms with Crippen LogP contribution in [0.1, 0.15) is 44.8 Å².